The fourth-order valence-corrected chi connectivity index (χ4v) is 3.27. The Kier molecular flexibility index (Phi) is 5.66. The van der Waals surface area contributed by atoms with Gasteiger partial charge in [-0.25, -0.2) is 0 Å². The highest BCUT2D eigenvalue weighted by atomic mass is 16.1. The number of nitrogens with one attached hydrogen (secondary N) is 1. The van der Waals surface area contributed by atoms with E-state index in [1.54, 1.807) is 18.6 Å². The van der Waals surface area contributed by atoms with Gasteiger partial charge in [-0.1, -0.05) is 35.9 Å². The Hall–Kier alpha value is -3.79. The number of benzene rings is 2. The maximum absolute atomic E-state index is 13.0. The van der Waals surface area contributed by atoms with Crippen molar-refractivity contribution in [1.82, 2.24) is 15.3 Å². The second-order valence-corrected chi connectivity index (χ2v) is 7.39. The maximum Gasteiger partial charge on any atom is 0.251 e. The minimum absolute atomic E-state index is 0.111. The number of rotatable bonds is 5. The van der Waals surface area contributed by atoms with Crippen LogP contribution in [0.4, 0.5) is 0 Å². The molecule has 30 heavy (non-hydrogen) atoms. The van der Waals surface area contributed by atoms with Crippen LogP contribution in [0.25, 0.3) is 22.3 Å². The van der Waals surface area contributed by atoms with Gasteiger partial charge < -0.3 is 5.32 Å². The zero-order valence-electron chi connectivity index (χ0n) is 17.1. The molecule has 0 radical (unpaired) electrons. The van der Waals surface area contributed by atoms with Crippen LogP contribution >= 0.6 is 0 Å². The molecule has 1 N–H and O–H groups in total. The predicted octanol–water partition coefficient (Wildman–Crippen LogP) is 5.36. The van der Waals surface area contributed by atoms with E-state index < -0.39 is 0 Å². The lowest BCUT2D eigenvalue weighted by molar-refractivity contribution is 0.0951. The summed E-state index contributed by atoms with van der Waals surface area (Å²) in [6.07, 6.45) is 5.32. The van der Waals surface area contributed by atoms with Crippen molar-refractivity contribution in [2.24, 2.45) is 0 Å². The molecule has 148 valence electrons. The average Bonchev–Trinajstić information content (AvgIpc) is 2.79. The quantitative estimate of drug-likeness (QED) is 0.497. The third kappa shape index (κ3) is 4.61. The van der Waals surface area contributed by atoms with Crippen molar-refractivity contribution in [2.75, 3.05) is 0 Å². The Morgan fingerprint density at radius 1 is 0.800 bits per heavy atom. The highest BCUT2D eigenvalue weighted by Gasteiger charge is 2.11. The normalized spacial score (nSPS) is 10.6. The lowest BCUT2D eigenvalue weighted by Crippen LogP contribution is -2.23. The molecule has 0 fully saturated rings. The Morgan fingerprint density at radius 3 is 2.10 bits per heavy atom. The number of hydrogen-bond acceptors (Lipinski definition) is 3. The summed E-state index contributed by atoms with van der Waals surface area (Å²) in [6.45, 7) is 4.45. The standard InChI is InChI=1S/C26H23N3O/c1-18-3-7-21(8-4-18)23-13-24(22-9-11-27-12-10-22)15-25(14-23)26(30)29-17-20-6-5-19(2)28-16-20/h3-16H,17H2,1-2H3,(H,29,30). The molecular weight excluding hydrogens is 370 g/mol. The SMILES string of the molecule is Cc1ccc(-c2cc(C(=O)NCc3ccc(C)nc3)cc(-c3ccncc3)c2)cc1. The summed E-state index contributed by atoms with van der Waals surface area (Å²) in [6, 6.07) is 22.1. The van der Waals surface area contributed by atoms with Crippen LogP contribution in [0.1, 0.15) is 27.2 Å². The van der Waals surface area contributed by atoms with E-state index in [4.69, 9.17) is 0 Å². The maximum atomic E-state index is 13.0. The minimum Gasteiger partial charge on any atom is -0.348 e. The van der Waals surface area contributed by atoms with Crippen LogP contribution in [0.2, 0.25) is 0 Å². The molecule has 1 amide bonds. The van der Waals surface area contributed by atoms with Gasteiger partial charge in [0, 0.05) is 36.4 Å². The first-order valence-electron chi connectivity index (χ1n) is 9.91. The molecule has 4 aromatic rings. The highest BCUT2D eigenvalue weighted by Crippen LogP contribution is 2.28. The molecule has 0 unspecified atom stereocenters. The molecule has 0 aliphatic heterocycles. The summed E-state index contributed by atoms with van der Waals surface area (Å²) in [7, 11) is 0. The molecule has 0 saturated heterocycles. The number of hydrogen-bond donors (Lipinski definition) is 1. The molecule has 2 aromatic carbocycles. The van der Waals surface area contributed by atoms with E-state index in [1.807, 2.05) is 43.3 Å². The van der Waals surface area contributed by atoms with Crippen molar-refractivity contribution in [3.8, 4) is 22.3 Å². The fourth-order valence-electron chi connectivity index (χ4n) is 3.27. The first kappa shape index (κ1) is 19.5. The summed E-state index contributed by atoms with van der Waals surface area (Å²) in [5.41, 5.74) is 7.85. The van der Waals surface area contributed by atoms with Gasteiger partial charge in [0.25, 0.3) is 5.91 Å². The van der Waals surface area contributed by atoms with Crippen LogP contribution in [0.5, 0.6) is 0 Å². The minimum atomic E-state index is -0.111. The number of carbonyl (C=O) groups is 1. The molecule has 0 saturated carbocycles. The molecule has 2 heterocycles. The predicted molar refractivity (Wildman–Crippen MR) is 120 cm³/mol. The Morgan fingerprint density at radius 2 is 1.47 bits per heavy atom. The van der Waals surface area contributed by atoms with Crippen molar-refractivity contribution in [1.29, 1.82) is 0 Å². The van der Waals surface area contributed by atoms with Gasteiger partial charge >= 0.3 is 0 Å². The van der Waals surface area contributed by atoms with Crippen molar-refractivity contribution >= 4 is 5.91 Å². The molecule has 2 aromatic heterocycles. The monoisotopic (exact) mass is 393 g/mol. The van der Waals surface area contributed by atoms with E-state index in [9.17, 15) is 4.79 Å². The Bertz CT molecular complexity index is 1150. The molecule has 0 aliphatic rings. The zero-order chi connectivity index (χ0) is 20.9. The van der Waals surface area contributed by atoms with Crippen LogP contribution in [-0.2, 0) is 6.54 Å². The first-order chi connectivity index (χ1) is 14.6. The van der Waals surface area contributed by atoms with Gasteiger partial charge in [-0.3, -0.25) is 14.8 Å². The Labute approximate surface area is 176 Å². The van der Waals surface area contributed by atoms with E-state index in [-0.39, 0.29) is 5.91 Å². The van der Waals surface area contributed by atoms with Gasteiger partial charge in [0.2, 0.25) is 0 Å². The fraction of sp³-hybridized carbons (Fsp3) is 0.115. The average molecular weight is 393 g/mol. The molecule has 4 heteroatoms. The summed E-state index contributed by atoms with van der Waals surface area (Å²) < 4.78 is 0. The topological polar surface area (TPSA) is 54.9 Å². The largest absolute Gasteiger partial charge is 0.348 e. The third-order valence-electron chi connectivity index (χ3n) is 5.02. The highest BCUT2D eigenvalue weighted by molar-refractivity contribution is 5.97. The zero-order valence-corrected chi connectivity index (χ0v) is 17.1. The number of pyridine rings is 2. The number of aryl methyl sites for hydroxylation is 2. The van der Waals surface area contributed by atoms with Crippen molar-refractivity contribution in [3.05, 3.63) is 108 Å². The lowest BCUT2D eigenvalue weighted by atomic mass is 9.96. The number of aromatic nitrogens is 2. The van der Waals surface area contributed by atoms with Crippen LogP contribution < -0.4 is 5.32 Å². The van der Waals surface area contributed by atoms with Gasteiger partial charge in [0.15, 0.2) is 0 Å². The summed E-state index contributed by atoms with van der Waals surface area (Å²) in [4.78, 5) is 21.4. The summed E-state index contributed by atoms with van der Waals surface area (Å²) in [5, 5.41) is 3.01. The van der Waals surface area contributed by atoms with Crippen LogP contribution in [0.3, 0.4) is 0 Å². The van der Waals surface area contributed by atoms with Crippen molar-refractivity contribution < 1.29 is 4.79 Å². The molecule has 4 nitrogen and oxygen atoms in total. The first-order valence-corrected chi connectivity index (χ1v) is 9.91. The van der Waals surface area contributed by atoms with Gasteiger partial charge in [-0.05, 0) is 78.1 Å². The van der Waals surface area contributed by atoms with Gasteiger partial charge in [-0.15, -0.1) is 0 Å². The number of carbonyl (C=O) groups excluding carboxylic acids is 1. The molecular formula is C26H23N3O. The lowest BCUT2D eigenvalue weighted by Gasteiger charge is -2.11. The molecule has 0 spiro atoms. The molecule has 0 aliphatic carbocycles. The van der Waals surface area contributed by atoms with Crippen molar-refractivity contribution in [3.63, 3.8) is 0 Å². The van der Waals surface area contributed by atoms with Gasteiger partial charge in [0.05, 0.1) is 0 Å². The van der Waals surface area contributed by atoms with E-state index in [1.165, 1.54) is 5.56 Å². The summed E-state index contributed by atoms with van der Waals surface area (Å²) >= 11 is 0. The summed E-state index contributed by atoms with van der Waals surface area (Å²) in [5.74, 6) is -0.111. The second kappa shape index (κ2) is 8.70. The van der Waals surface area contributed by atoms with Crippen molar-refractivity contribution in [2.45, 2.75) is 20.4 Å². The van der Waals surface area contributed by atoms with Crippen LogP contribution in [-0.4, -0.2) is 15.9 Å². The number of amides is 1. The number of nitrogens with zero attached hydrogens (tertiary/aromatic N) is 2. The molecule has 0 atom stereocenters. The van der Waals surface area contributed by atoms with Gasteiger partial charge in [-0.2, -0.15) is 0 Å². The smallest absolute Gasteiger partial charge is 0.251 e. The molecule has 0 bridgehead atoms. The molecule has 4 rings (SSSR count). The Balaban J connectivity index is 1.67. The van der Waals surface area contributed by atoms with E-state index in [0.717, 1.165) is 33.5 Å². The van der Waals surface area contributed by atoms with Crippen LogP contribution in [0.15, 0.2) is 85.3 Å². The van der Waals surface area contributed by atoms with E-state index in [2.05, 4.69) is 52.5 Å². The van der Waals surface area contributed by atoms with E-state index in [0.29, 0.717) is 12.1 Å². The second-order valence-electron chi connectivity index (χ2n) is 7.39. The van der Waals surface area contributed by atoms with E-state index >= 15 is 0 Å². The van der Waals surface area contributed by atoms with Gasteiger partial charge in [0.1, 0.15) is 0 Å². The van der Waals surface area contributed by atoms with Crippen LogP contribution in [0, 0.1) is 13.8 Å². The third-order valence-corrected chi connectivity index (χ3v) is 5.02.